The number of hydrogen-bond acceptors (Lipinski definition) is 4. The SMILES string of the molecule is Cc1ccnc(N)c1C1(O)CC2CCC(C1)N2. The van der Waals surface area contributed by atoms with Gasteiger partial charge in [-0.2, -0.15) is 0 Å². The van der Waals surface area contributed by atoms with Gasteiger partial charge in [0.1, 0.15) is 5.82 Å². The molecule has 4 heteroatoms. The Morgan fingerprint density at radius 3 is 2.65 bits per heavy atom. The topological polar surface area (TPSA) is 71.2 Å². The zero-order valence-corrected chi connectivity index (χ0v) is 10.1. The summed E-state index contributed by atoms with van der Waals surface area (Å²) in [5, 5.41) is 14.5. The van der Waals surface area contributed by atoms with Crippen LogP contribution in [0.5, 0.6) is 0 Å². The Kier molecular flexibility index (Phi) is 2.38. The molecular weight excluding hydrogens is 214 g/mol. The summed E-state index contributed by atoms with van der Waals surface area (Å²) in [6.45, 7) is 2.00. The van der Waals surface area contributed by atoms with E-state index in [2.05, 4.69) is 10.3 Å². The molecule has 17 heavy (non-hydrogen) atoms. The van der Waals surface area contributed by atoms with E-state index in [0.29, 0.717) is 17.9 Å². The first-order chi connectivity index (χ1) is 8.08. The van der Waals surface area contributed by atoms with Gasteiger partial charge in [-0.1, -0.05) is 0 Å². The fraction of sp³-hybridized carbons (Fsp3) is 0.615. The third-order valence-electron chi connectivity index (χ3n) is 4.16. The maximum Gasteiger partial charge on any atom is 0.129 e. The van der Waals surface area contributed by atoms with Crippen LogP contribution in [0.4, 0.5) is 5.82 Å². The second-order valence-corrected chi connectivity index (χ2v) is 5.47. The lowest BCUT2D eigenvalue weighted by Gasteiger charge is -2.38. The molecule has 0 amide bonds. The van der Waals surface area contributed by atoms with Crippen molar-refractivity contribution in [2.75, 3.05) is 5.73 Å². The Morgan fingerprint density at radius 2 is 2.06 bits per heavy atom. The number of anilines is 1. The van der Waals surface area contributed by atoms with Crippen molar-refractivity contribution in [1.29, 1.82) is 0 Å². The minimum absolute atomic E-state index is 0.428. The Labute approximate surface area is 101 Å². The van der Waals surface area contributed by atoms with E-state index in [9.17, 15) is 5.11 Å². The quantitative estimate of drug-likeness (QED) is 0.678. The summed E-state index contributed by atoms with van der Waals surface area (Å²) < 4.78 is 0. The number of nitrogens with two attached hydrogens (primary N) is 1. The van der Waals surface area contributed by atoms with E-state index in [1.807, 2.05) is 13.0 Å². The van der Waals surface area contributed by atoms with Gasteiger partial charge in [-0.25, -0.2) is 4.98 Å². The number of aromatic nitrogens is 1. The molecule has 2 fully saturated rings. The summed E-state index contributed by atoms with van der Waals surface area (Å²) in [4.78, 5) is 4.13. The molecule has 92 valence electrons. The first kappa shape index (κ1) is 11.0. The molecule has 0 aromatic carbocycles. The number of aryl methyl sites for hydroxylation is 1. The molecule has 4 nitrogen and oxygen atoms in total. The van der Waals surface area contributed by atoms with Gasteiger partial charge < -0.3 is 16.2 Å². The number of rotatable bonds is 1. The highest BCUT2D eigenvalue weighted by atomic mass is 16.3. The van der Waals surface area contributed by atoms with Gasteiger partial charge in [0.2, 0.25) is 0 Å². The van der Waals surface area contributed by atoms with Gasteiger partial charge in [0, 0.05) is 23.8 Å². The van der Waals surface area contributed by atoms with Gasteiger partial charge in [-0.15, -0.1) is 0 Å². The van der Waals surface area contributed by atoms with Crippen LogP contribution in [-0.2, 0) is 5.60 Å². The smallest absolute Gasteiger partial charge is 0.129 e. The van der Waals surface area contributed by atoms with Crippen LogP contribution < -0.4 is 11.1 Å². The molecule has 1 aromatic rings. The lowest BCUT2D eigenvalue weighted by Crippen LogP contribution is -2.47. The fourth-order valence-corrected chi connectivity index (χ4v) is 3.51. The third kappa shape index (κ3) is 1.72. The molecule has 2 aliphatic rings. The number of aliphatic hydroxyl groups is 1. The van der Waals surface area contributed by atoms with Crippen molar-refractivity contribution in [3.05, 3.63) is 23.4 Å². The molecule has 0 spiro atoms. The molecular formula is C13H19N3O. The highest BCUT2D eigenvalue weighted by Gasteiger charge is 2.45. The zero-order chi connectivity index (χ0) is 12.0. The van der Waals surface area contributed by atoms with E-state index in [4.69, 9.17) is 5.73 Å². The zero-order valence-electron chi connectivity index (χ0n) is 10.1. The minimum Gasteiger partial charge on any atom is -0.385 e. The summed E-state index contributed by atoms with van der Waals surface area (Å²) in [6, 6.07) is 2.78. The number of pyridine rings is 1. The standard InChI is InChI=1S/C13H19N3O/c1-8-4-5-15-12(14)11(8)13(17)6-9-2-3-10(7-13)16-9/h4-5,9-10,16-17H,2-3,6-7H2,1H3,(H2,14,15). The number of nitrogens with one attached hydrogen (secondary N) is 1. The van der Waals surface area contributed by atoms with Crippen LogP contribution >= 0.6 is 0 Å². The average Bonchev–Trinajstić information content (AvgIpc) is 2.58. The van der Waals surface area contributed by atoms with Gasteiger partial charge >= 0.3 is 0 Å². The molecule has 2 bridgehead atoms. The van der Waals surface area contributed by atoms with Crippen molar-refractivity contribution in [3.8, 4) is 0 Å². The van der Waals surface area contributed by atoms with Gasteiger partial charge in [0.05, 0.1) is 5.60 Å². The molecule has 2 unspecified atom stereocenters. The van der Waals surface area contributed by atoms with E-state index in [1.54, 1.807) is 6.20 Å². The number of nitrogen functional groups attached to an aromatic ring is 1. The van der Waals surface area contributed by atoms with Crippen molar-refractivity contribution < 1.29 is 5.11 Å². The van der Waals surface area contributed by atoms with Crippen LogP contribution in [0.2, 0.25) is 0 Å². The molecule has 2 saturated heterocycles. The Balaban J connectivity index is 2.02. The van der Waals surface area contributed by atoms with Gasteiger partial charge in [-0.05, 0) is 44.2 Å². The van der Waals surface area contributed by atoms with Crippen molar-refractivity contribution in [2.45, 2.75) is 50.3 Å². The van der Waals surface area contributed by atoms with Gasteiger partial charge in [0.15, 0.2) is 0 Å². The summed E-state index contributed by atoms with van der Waals surface area (Å²) in [5.41, 5.74) is 7.05. The van der Waals surface area contributed by atoms with E-state index >= 15 is 0 Å². The van der Waals surface area contributed by atoms with Crippen LogP contribution in [-0.4, -0.2) is 22.2 Å². The minimum atomic E-state index is -0.792. The molecule has 3 rings (SSSR count). The highest BCUT2D eigenvalue weighted by Crippen LogP contribution is 2.43. The second kappa shape index (κ2) is 3.68. The summed E-state index contributed by atoms with van der Waals surface area (Å²) in [7, 11) is 0. The van der Waals surface area contributed by atoms with Crippen molar-refractivity contribution >= 4 is 5.82 Å². The largest absolute Gasteiger partial charge is 0.385 e. The molecule has 4 N–H and O–H groups in total. The van der Waals surface area contributed by atoms with Crippen molar-refractivity contribution in [2.24, 2.45) is 0 Å². The van der Waals surface area contributed by atoms with Crippen LogP contribution in [0.1, 0.15) is 36.8 Å². The number of nitrogens with zero attached hydrogens (tertiary/aromatic N) is 1. The highest BCUT2D eigenvalue weighted by molar-refractivity contribution is 5.48. The Morgan fingerprint density at radius 1 is 1.41 bits per heavy atom. The monoisotopic (exact) mass is 233 g/mol. The van der Waals surface area contributed by atoms with Crippen molar-refractivity contribution in [3.63, 3.8) is 0 Å². The first-order valence-electron chi connectivity index (χ1n) is 6.28. The molecule has 1 aromatic heterocycles. The predicted octanol–water partition coefficient (Wildman–Crippen LogP) is 1.07. The molecule has 2 aliphatic heterocycles. The Hall–Kier alpha value is -1.13. The number of piperidine rings is 1. The fourth-order valence-electron chi connectivity index (χ4n) is 3.51. The average molecular weight is 233 g/mol. The maximum atomic E-state index is 10.9. The van der Waals surface area contributed by atoms with Gasteiger partial charge in [-0.3, -0.25) is 0 Å². The number of hydrogen-bond donors (Lipinski definition) is 3. The predicted molar refractivity (Wildman–Crippen MR) is 66.5 cm³/mol. The number of fused-ring (bicyclic) bond motifs is 2. The Bertz CT molecular complexity index is 414. The van der Waals surface area contributed by atoms with E-state index in [0.717, 1.165) is 36.8 Å². The molecule has 0 saturated carbocycles. The van der Waals surface area contributed by atoms with E-state index < -0.39 is 5.60 Å². The molecule has 0 aliphatic carbocycles. The third-order valence-corrected chi connectivity index (χ3v) is 4.16. The second-order valence-electron chi connectivity index (χ2n) is 5.47. The van der Waals surface area contributed by atoms with Gasteiger partial charge in [0.25, 0.3) is 0 Å². The first-order valence-corrected chi connectivity index (χ1v) is 6.28. The lowest BCUT2D eigenvalue weighted by atomic mass is 9.80. The van der Waals surface area contributed by atoms with Crippen LogP contribution in [0.3, 0.4) is 0 Å². The normalized spacial score (nSPS) is 36.1. The summed E-state index contributed by atoms with van der Waals surface area (Å²) >= 11 is 0. The van der Waals surface area contributed by atoms with E-state index in [1.165, 1.54) is 0 Å². The molecule has 2 atom stereocenters. The molecule has 3 heterocycles. The van der Waals surface area contributed by atoms with Crippen LogP contribution in [0.15, 0.2) is 12.3 Å². The van der Waals surface area contributed by atoms with Crippen LogP contribution in [0, 0.1) is 6.92 Å². The summed E-state index contributed by atoms with van der Waals surface area (Å²) in [6.07, 6.45) is 5.52. The van der Waals surface area contributed by atoms with Crippen LogP contribution in [0.25, 0.3) is 0 Å². The lowest BCUT2D eigenvalue weighted by molar-refractivity contribution is -0.0115. The maximum absolute atomic E-state index is 10.9. The molecule has 0 radical (unpaired) electrons. The van der Waals surface area contributed by atoms with E-state index in [-0.39, 0.29) is 0 Å². The van der Waals surface area contributed by atoms with Crippen molar-refractivity contribution in [1.82, 2.24) is 10.3 Å². The summed E-state index contributed by atoms with van der Waals surface area (Å²) in [5.74, 6) is 0.480.